The highest BCUT2D eigenvalue weighted by Crippen LogP contribution is 2.22. The van der Waals surface area contributed by atoms with Crippen molar-refractivity contribution in [1.29, 1.82) is 0 Å². The molecule has 1 aliphatic rings. The normalized spacial score (nSPS) is 13.6. The second-order valence-corrected chi connectivity index (χ2v) is 8.46. The Kier molecular flexibility index (Phi) is 13.5. The van der Waals surface area contributed by atoms with Gasteiger partial charge in [0.1, 0.15) is 5.71 Å². The number of aliphatic hydroxyl groups is 1. The van der Waals surface area contributed by atoms with Crippen LogP contribution >= 0.6 is 0 Å². The van der Waals surface area contributed by atoms with Gasteiger partial charge in [0.15, 0.2) is 0 Å². The predicted octanol–water partition coefficient (Wildman–Crippen LogP) is 4.13. The zero-order valence-corrected chi connectivity index (χ0v) is 20.9. The molecule has 7 heteroatoms. The Hall–Kier alpha value is -2.32. The number of allylic oxidation sites excluding steroid dienone is 2. The second-order valence-electron chi connectivity index (χ2n) is 8.46. The first-order chi connectivity index (χ1) is 15.8. The van der Waals surface area contributed by atoms with Crippen molar-refractivity contribution in [3.05, 3.63) is 59.2 Å². The van der Waals surface area contributed by atoms with Crippen LogP contribution in [0.2, 0.25) is 0 Å². The van der Waals surface area contributed by atoms with Gasteiger partial charge in [0.2, 0.25) is 0 Å². The standard InChI is InChI=1S/C25H37N3O3.CH4O/c1-19(2)31-18-27(5)15-9-11-20(3)22-13-8-14-26-24(16-22)25(29)28(30)17-23-12-7-6-10-21(23)4;1-2/h6-7,10,12,16,19,30H,3,8-9,11,13-15,17-18H2,1-2,4-5H3;2H,1H3. The quantitative estimate of drug-likeness (QED) is 0.295. The minimum absolute atomic E-state index is 0.138. The van der Waals surface area contributed by atoms with Gasteiger partial charge in [-0.05, 0) is 76.3 Å². The molecule has 0 atom stereocenters. The number of aryl methyl sites for hydroxylation is 1. The van der Waals surface area contributed by atoms with Crippen LogP contribution in [0.3, 0.4) is 0 Å². The fourth-order valence-electron chi connectivity index (χ4n) is 3.38. The number of carbonyl (C=O) groups excluding carboxylic acids is 1. The SMILES string of the molecule is C=C(CCCN(C)COC(C)C)C1=CC(C(=O)N(O)Cc2ccccc2C)=NCCC1.CO. The highest BCUT2D eigenvalue weighted by atomic mass is 16.5. The first kappa shape index (κ1) is 28.7. The monoisotopic (exact) mass is 459 g/mol. The summed E-state index contributed by atoms with van der Waals surface area (Å²) in [5.74, 6) is -0.471. The van der Waals surface area contributed by atoms with Gasteiger partial charge in [-0.15, -0.1) is 0 Å². The fraction of sp³-hybridized carbons (Fsp3) is 0.538. The molecule has 0 fully saturated rings. The van der Waals surface area contributed by atoms with E-state index in [1.54, 1.807) is 0 Å². The number of ether oxygens (including phenoxy) is 1. The Labute approximate surface area is 199 Å². The number of benzene rings is 1. The average molecular weight is 460 g/mol. The van der Waals surface area contributed by atoms with Gasteiger partial charge >= 0.3 is 0 Å². The summed E-state index contributed by atoms with van der Waals surface area (Å²) in [5, 5.41) is 18.1. The third-order valence-corrected chi connectivity index (χ3v) is 5.33. The number of aliphatic hydroxyl groups excluding tert-OH is 1. The molecular weight excluding hydrogens is 418 g/mol. The van der Waals surface area contributed by atoms with E-state index in [9.17, 15) is 10.0 Å². The molecule has 0 saturated heterocycles. The van der Waals surface area contributed by atoms with Crippen molar-refractivity contribution in [3.63, 3.8) is 0 Å². The number of hydroxylamine groups is 2. The Morgan fingerprint density at radius 2 is 1.97 bits per heavy atom. The van der Waals surface area contributed by atoms with Gasteiger partial charge in [0.25, 0.3) is 5.91 Å². The van der Waals surface area contributed by atoms with Gasteiger partial charge in [0.05, 0.1) is 19.4 Å². The van der Waals surface area contributed by atoms with E-state index in [0.717, 1.165) is 66.7 Å². The number of rotatable bonds is 11. The molecule has 7 nitrogen and oxygen atoms in total. The van der Waals surface area contributed by atoms with Crippen LogP contribution in [-0.2, 0) is 16.1 Å². The molecular formula is C26H41N3O4. The first-order valence-electron chi connectivity index (χ1n) is 11.5. The third kappa shape index (κ3) is 10.4. The molecule has 0 unspecified atom stereocenters. The van der Waals surface area contributed by atoms with Gasteiger partial charge < -0.3 is 9.84 Å². The summed E-state index contributed by atoms with van der Waals surface area (Å²) in [5.41, 5.74) is 4.32. The molecule has 0 bridgehead atoms. The lowest BCUT2D eigenvalue weighted by Crippen LogP contribution is -2.33. The van der Waals surface area contributed by atoms with Crippen molar-refractivity contribution < 1.29 is 19.8 Å². The van der Waals surface area contributed by atoms with E-state index in [0.29, 0.717) is 19.0 Å². The second kappa shape index (κ2) is 15.5. The maximum Gasteiger partial charge on any atom is 0.295 e. The fourth-order valence-corrected chi connectivity index (χ4v) is 3.38. The van der Waals surface area contributed by atoms with Crippen LogP contribution < -0.4 is 0 Å². The molecule has 1 aliphatic heterocycles. The van der Waals surface area contributed by atoms with E-state index in [-0.39, 0.29) is 12.6 Å². The first-order valence-corrected chi connectivity index (χ1v) is 11.5. The van der Waals surface area contributed by atoms with Gasteiger partial charge in [-0.1, -0.05) is 36.4 Å². The molecule has 0 aliphatic carbocycles. The lowest BCUT2D eigenvalue weighted by molar-refractivity contribution is -0.159. The summed E-state index contributed by atoms with van der Waals surface area (Å²) < 4.78 is 5.62. The largest absolute Gasteiger partial charge is 0.400 e. The van der Waals surface area contributed by atoms with Crippen molar-refractivity contribution in [2.45, 2.75) is 59.1 Å². The minimum Gasteiger partial charge on any atom is -0.400 e. The molecule has 1 heterocycles. The van der Waals surface area contributed by atoms with Crippen LogP contribution in [0.1, 0.15) is 50.7 Å². The lowest BCUT2D eigenvalue weighted by Gasteiger charge is -2.19. The van der Waals surface area contributed by atoms with E-state index in [1.165, 1.54) is 0 Å². The predicted molar refractivity (Wildman–Crippen MR) is 133 cm³/mol. The summed E-state index contributed by atoms with van der Waals surface area (Å²) in [6.45, 7) is 12.5. The van der Waals surface area contributed by atoms with Crippen molar-refractivity contribution in [2.24, 2.45) is 4.99 Å². The Balaban J connectivity index is 0.00000265. The minimum atomic E-state index is -0.471. The smallest absolute Gasteiger partial charge is 0.295 e. The van der Waals surface area contributed by atoms with Gasteiger partial charge in [0, 0.05) is 20.2 Å². The Morgan fingerprint density at radius 1 is 1.27 bits per heavy atom. The highest BCUT2D eigenvalue weighted by Gasteiger charge is 2.20. The molecule has 1 aromatic carbocycles. The molecule has 1 aromatic rings. The third-order valence-electron chi connectivity index (χ3n) is 5.33. The number of hydrogen-bond donors (Lipinski definition) is 2. The Morgan fingerprint density at radius 3 is 2.64 bits per heavy atom. The molecule has 0 aromatic heterocycles. The zero-order chi connectivity index (χ0) is 24.8. The highest BCUT2D eigenvalue weighted by molar-refractivity contribution is 6.43. The van der Waals surface area contributed by atoms with E-state index in [1.807, 2.05) is 58.2 Å². The van der Waals surface area contributed by atoms with Crippen LogP contribution in [0, 0.1) is 6.92 Å². The number of amides is 1. The molecule has 0 spiro atoms. The molecule has 184 valence electrons. The zero-order valence-electron chi connectivity index (χ0n) is 20.9. The van der Waals surface area contributed by atoms with E-state index in [2.05, 4.69) is 16.5 Å². The Bertz CT molecular complexity index is 818. The summed E-state index contributed by atoms with van der Waals surface area (Å²) in [6, 6.07) is 7.71. The molecule has 33 heavy (non-hydrogen) atoms. The van der Waals surface area contributed by atoms with E-state index in [4.69, 9.17) is 9.84 Å². The number of carbonyl (C=O) groups is 1. The van der Waals surface area contributed by atoms with Crippen LogP contribution in [0.15, 0.2) is 53.1 Å². The maximum atomic E-state index is 12.8. The summed E-state index contributed by atoms with van der Waals surface area (Å²) in [4.78, 5) is 19.4. The van der Waals surface area contributed by atoms with Crippen molar-refractivity contribution in [1.82, 2.24) is 9.96 Å². The van der Waals surface area contributed by atoms with Gasteiger partial charge in [-0.2, -0.15) is 0 Å². The maximum absolute atomic E-state index is 12.8. The van der Waals surface area contributed by atoms with Crippen LogP contribution in [0.4, 0.5) is 0 Å². The topological polar surface area (TPSA) is 85.6 Å². The van der Waals surface area contributed by atoms with Crippen LogP contribution in [-0.4, -0.2) is 72.0 Å². The van der Waals surface area contributed by atoms with Crippen LogP contribution in [0.25, 0.3) is 0 Å². The van der Waals surface area contributed by atoms with Crippen molar-refractivity contribution in [3.8, 4) is 0 Å². The lowest BCUT2D eigenvalue weighted by atomic mass is 9.97. The summed E-state index contributed by atoms with van der Waals surface area (Å²) in [6.07, 6.45) is 5.56. The van der Waals surface area contributed by atoms with Crippen molar-refractivity contribution in [2.75, 3.05) is 34.0 Å². The molecule has 0 radical (unpaired) electrons. The number of hydrogen-bond acceptors (Lipinski definition) is 6. The van der Waals surface area contributed by atoms with E-state index >= 15 is 0 Å². The van der Waals surface area contributed by atoms with Gasteiger partial charge in [-0.25, -0.2) is 5.06 Å². The molecule has 1 amide bonds. The summed E-state index contributed by atoms with van der Waals surface area (Å²) in [7, 11) is 3.05. The molecule has 2 rings (SSSR count). The average Bonchev–Trinajstić information content (AvgIpc) is 3.06. The number of nitrogens with zero attached hydrogens (tertiary/aromatic N) is 3. The van der Waals surface area contributed by atoms with Gasteiger partial charge in [-0.3, -0.25) is 19.9 Å². The molecule has 0 saturated carbocycles. The van der Waals surface area contributed by atoms with Crippen molar-refractivity contribution >= 4 is 11.6 Å². The molecule has 2 N–H and O–H groups in total. The summed E-state index contributed by atoms with van der Waals surface area (Å²) >= 11 is 0. The van der Waals surface area contributed by atoms with Crippen LogP contribution in [0.5, 0.6) is 0 Å². The van der Waals surface area contributed by atoms with E-state index < -0.39 is 5.91 Å². The number of aliphatic imine (C=N–C) groups is 1.